The van der Waals surface area contributed by atoms with E-state index in [1.807, 2.05) is 0 Å². The van der Waals surface area contributed by atoms with E-state index < -0.39 is 24.8 Å². The molecule has 0 saturated carbocycles. The zero-order chi connectivity index (χ0) is 12.9. The molecule has 0 aliphatic heterocycles. The van der Waals surface area contributed by atoms with E-state index in [0.29, 0.717) is 0 Å². The Labute approximate surface area is 95.2 Å². The lowest BCUT2D eigenvalue weighted by molar-refractivity contribution is -0.275. The van der Waals surface area contributed by atoms with Gasteiger partial charge in [-0.2, -0.15) is 0 Å². The second kappa shape index (κ2) is 5.74. The highest BCUT2D eigenvalue weighted by Crippen LogP contribution is 2.31. The Morgan fingerprint density at radius 1 is 1.18 bits per heavy atom. The summed E-state index contributed by atoms with van der Waals surface area (Å²) in [4.78, 5) is 0. The Morgan fingerprint density at radius 3 is 2.29 bits per heavy atom. The van der Waals surface area contributed by atoms with Crippen LogP contribution in [0.2, 0.25) is 0 Å². The minimum atomic E-state index is -4.81. The van der Waals surface area contributed by atoms with Crippen LogP contribution in [-0.2, 0) is 0 Å². The molecule has 0 amide bonds. The SMILES string of the molecule is OCC(O)COc1ccccc1OC(F)(F)F. The fourth-order valence-electron chi connectivity index (χ4n) is 1.02. The summed E-state index contributed by atoms with van der Waals surface area (Å²) in [5, 5.41) is 17.5. The second-order valence-corrected chi connectivity index (χ2v) is 3.14. The van der Waals surface area contributed by atoms with E-state index in [1.54, 1.807) is 0 Å². The smallest absolute Gasteiger partial charge is 0.487 e. The van der Waals surface area contributed by atoms with Crippen LogP contribution in [0.4, 0.5) is 13.2 Å². The molecule has 2 N–H and O–H groups in total. The summed E-state index contributed by atoms with van der Waals surface area (Å²) in [6.07, 6.45) is -5.97. The van der Waals surface area contributed by atoms with Gasteiger partial charge in [0.1, 0.15) is 12.7 Å². The summed E-state index contributed by atoms with van der Waals surface area (Å²) in [5.74, 6) is -0.650. The Hall–Kier alpha value is -1.47. The van der Waals surface area contributed by atoms with Gasteiger partial charge < -0.3 is 19.7 Å². The largest absolute Gasteiger partial charge is 0.573 e. The van der Waals surface area contributed by atoms with Crippen LogP contribution in [0.3, 0.4) is 0 Å². The third-order valence-electron chi connectivity index (χ3n) is 1.72. The van der Waals surface area contributed by atoms with E-state index in [9.17, 15) is 13.2 Å². The molecule has 0 aromatic heterocycles. The molecule has 0 heterocycles. The highest BCUT2D eigenvalue weighted by atomic mass is 19.4. The fourth-order valence-corrected chi connectivity index (χ4v) is 1.02. The van der Waals surface area contributed by atoms with Crippen LogP contribution in [0.1, 0.15) is 0 Å². The number of aliphatic hydroxyl groups excluding tert-OH is 2. The van der Waals surface area contributed by atoms with Crippen molar-refractivity contribution in [2.75, 3.05) is 13.2 Å². The van der Waals surface area contributed by atoms with Crippen LogP contribution in [0, 0.1) is 0 Å². The Morgan fingerprint density at radius 2 is 1.76 bits per heavy atom. The number of hydrogen-bond acceptors (Lipinski definition) is 4. The molecule has 0 fully saturated rings. The highest BCUT2D eigenvalue weighted by molar-refractivity contribution is 5.39. The van der Waals surface area contributed by atoms with E-state index in [0.717, 1.165) is 6.07 Å². The summed E-state index contributed by atoms with van der Waals surface area (Å²) < 4.78 is 44.7. The Bertz CT molecular complexity index is 354. The highest BCUT2D eigenvalue weighted by Gasteiger charge is 2.32. The summed E-state index contributed by atoms with van der Waals surface area (Å²) in [6, 6.07) is 5.18. The molecule has 0 bridgehead atoms. The van der Waals surface area contributed by atoms with Gasteiger partial charge in [-0.15, -0.1) is 13.2 Å². The van der Waals surface area contributed by atoms with Crippen molar-refractivity contribution >= 4 is 0 Å². The minimum Gasteiger partial charge on any atom is -0.487 e. The van der Waals surface area contributed by atoms with Gasteiger partial charge in [-0.25, -0.2) is 0 Å². The van der Waals surface area contributed by atoms with Crippen LogP contribution in [0.5, 0.6) is 11.5 Å². The van der Waals surface area contributed by atoms with Crippen LogP contribution in [0.25, 0.3) is 0 Å². The standard InChI is InChI=1S/C10H11F3O4/c11-10(12,13)17-9-4-2-1-3-8(9)16-6-7(15)5-14/h1-4,7,14-15H,5-6H2. The van der Waals surface area contributed by atoms with E-state index in [4.69, 9.17) is 14.9 Å². The molecule has 4 nitrogen and oxygen atoms in total. The number of halogens is 3. The Balaban J connectivity index is 2.71. The second-order valence-electron chi connectivity index (χ2n) is 3.14. The summed E-state index contributed by atoms with van der Waals surface area (Å²) >= 11 is 0. The molecule has 0 saturated heterocycles. The van der Waals surface area contributed by atoms with Crippen molar-refractivity contribution in [3.63, 3.8) is 0 Å². The van der Waals surface area contributed by atoms with E-state index >= 15 is 0 Å². The molecule has 17 heavy (non-hydrogen) atoms. The molecular formula is C10H11F3O4. The first-order valence-electron chi connectivity index (χ1n) is 4.69. The number of benzene rings is 1. The molecule has 1 aromatic rings. The molecular weight excluding hydrogens is 241 g/mol. The average molecular weight is 252 g/mol. The van der Waals surface area contributed by atoms with Gasteiger partial charge in [0.15, 0.2) is 11.5 Å². The zero-order valence-corrected chi connectivity index (χ0v) is 8.65. The fraction of sp³-hybridized carbons (Fsp3) is 0.400. The maximum atomic E-state index is 12.0. The monoisotopic (exact) mass is 252 g/mol. The summed E-state index contributed by atoms with van der Waals surface area (Å²) in [6.45, 7) is -0.864. The predicted octanol–water partition coefficient (Wildman–Crippen LogP) is 1.32. The molecule has 7 heteroatoms. The van der Waals surface area contributed by atoms with Crippen LogP contribution < -0.4 is 9.47 Å². The molecule has 0 aliphatic carbocycles. The maximum Gasteiger partial charge on any atom is 0.573 e. The normalized spacial score (nSPS) is 13.2. The number of alkyl halides is 3. The van der Waals surface area contributed by atoms with Crippen molar-refractivity contribution in [2.24, 2.45) is 0 Å². The minimum absolute atomic E-state index is 0.155. The molecule has 1 rings (SSSR count). The van der Waals surface area contributed by atoms with Gasteiger partial charge in [-0.3, -0.25) is 0 Å². The van der Waals surface area contributed by atoms with Gasteiger partial charge in [0.2, 0.25) is 0 Å². The van der Waals surface area contributed by atoms with Crippen molar-refractivity contribution in [3.05, 3.63) is 24.3 Å². The van der Waals surface area contributed by atoms with E-state index in [1.165, 1.54) is 18.2 Å². The van der Waals surface area contributed by atoms with Crippen LogP contribution in [-0.4, -0.2) is 35.9 Å². The van der Waals surface area contributed by atoms with Crippen LogP contribution >= 0.6 is 0 Å². The van der Waals surface area contributed by atoms with Gasteiger partial charge in [-0.05, 0) is 12.1 Å². The molecule has 96 valence electrons. The van der Waals surface area contributed by atoms with E-state index in [-0.39, 0.29) is 12.4 Å². The molecule has 0 aliphatic rings. The number of aliphatic hydroxyl groups is 2. The van der Waals surface area contributed by atoms with Gasteiger partial charge in [0, 0.05) is 0 Å². The molecule has 0 spiro atoms. The van der Waals surface area contributed by atoms with Gasteiger partial charge in [0.05, 0.1) is 6.61 Å². The molecule has 0 radical (unpaired) electrons. The topological polar surface area (TPSA) is 58.9 Å². The first-order valence-corrected chi connectivity index (χ1v) is 4.69. The van der Waals surface area contributed by atoms with Crippen molar-refractivity contribution < 1.29 is 32.9 Å². The maximum absolute atomic E-state index is 12.0. The quantitative estimate of drug-likeness (QED) is 0.829. The number of hydrogen-bond donors (Lipinski definition) is 2. The van der Waals surface area contributed by atoms with Gasteiger partial charge in [0.25, 0.3) is 0 Å². The number of rotatable bonds is 5. The van der Waals surface area contributed by atoms with Gasteiger partial charge in [-0.1, -0.05) is 12.1 Å². The molecule has 1 atom stereocenters. The molecule has 1 aromatic carbocycles. The Kier molecular flexibility index (Phi) is 4.59. The predicted molar refractivity (Wildman–Crippen MR) is 51.7 cm³/mol. The lowest BCUT2D eigenvalue weighted by Crippen LogP contribution is -2.22. The number of ether oxygens (including phenoxy) is 2. The summed E-state index contributed by atoms with van der Waals surface area (Å²) in [7, 11) is 0. The lowest BCUT2D eigenvalue weighted by Gasteiger charge is -2.15. The summed E-state index contributed by atoms with van der Waals surface area (Å²) in [5.41, 5.74) is 0. The third kappa shape index (κ3) is 4.92. The van der Waals surface area contributed by atoms with Gasteiger partial charge >= 0.3 is 6.36 Å². The average Bonchev–Trinajstić information content (AvgIpc) is 2.25. The van der Waals surface area contributed by atoms with E-state index in [2.05, 4.69) is 4.74 Å². The first kappa shape index (κ1) is 13.6. The van der Waals surface area contributed by atoms with Crippen molar-refractivity contribution in [3.8, 4) is 11.5 Å². The molecule has 1 unspecified atom stereocenters. The number of para-hydroxylation sites is 2. The first-order chi connectivity index (χ1) is 7.92. The van der Waals surface area contributed by atoms with Crippen molar-refractivity contribution in [1.29, 1.82) is 0 Å². The third-order valence-corrected chi connectivity index (χ3v) is 1.72. The zero-order valence-electron chi connectivity index (χ0n) is 8.65. The lowest BCUT2D eigenvalue weighted by atomic mass is 10.3. The van der Waals surface area contributed by atoms with Crippen molar-refractivity contribution in [1.82, 2.24) is 0 Å². The van der Waals surface area contributed by atoms with Crippen molar-refractivity contribution in [2.45, 2.75) is 12.5 Å². The van der Waals surface area contributed by atoms with Crippen LogP contribution in [0.15, 0.2) is 24.3 Å².